The number of hydrogen-bond donors (Lipinski definition) is 0. The number of benzene rings is 1. The normalized spacial score (nSPS) is 15.1. The number of pyridine rings is 1. The van der Waals surface area contributed by atoms with E-state index in [1.165, 1.54) is 0 Å². The van der Waals surface area contributed by atoms with E-state index in [0.29, 0.717) is 25.4 Å². The molecule has 1 aromatic heterocycles. The van der Waals surface area contributed by atoms with Crippen molar-refractivity contribution in [3.8, 4) is 0 Å². The number of hydrazine groups is 1. The molecule has 0 saturated carbocycles. The zero-order valence-electron chi connectivity index (χ0n) is 14.4. The molecule has 1 aliphatic heterocycles. The molecule has 1 aliphatic rings. The third-order valence-corrected chi connectivity index (χ3v) is 4.71. The Labute approximate surface area is 162 Å². The number of halogens is 6. The lowest BCUT2D eigenvalue weighted by molar-refractivity contribution is -0.137. The summed E-state index contributed by atoms with van der Waals surface area (Å²) < 4.78 is 66.5. The number of nitrogens with zero attached hydrogens (tertiary/aromatic N) is 3. The molecular weight excluding hydrogens is 405 g/mol. The van der Waals surface area contributed by atoms with Crippen LogP contribution >= 0.6 is 11.6 Å². The second-order valence-electron chi connectivity index (χ2n) is 6.27. The van der Waals surface area contributed by atoms with Gasteiger partial charge in [-0.25, -0.2) is 13.8 Å². The van der Waals surface area contributed by atoms with E-state index in [1.807, 2.05) is 0 Å². The van der Waals surface area contributed by atoms with Crippen LogP contribution in [0.15, 0.2) is 30.5 Å². The van der Waals surface area contributed by atoms with Crippen molar-refractivity contribution in [2.75, 3.05) is 13.1 Å². The molecule has 0 unspecified atom stereocenters. The van der Waals surface area contributed by atoms with E-state index in [9.17, 15) is 26.7 Å². The Balaban J connectivity index is 1.95. The largest absolute Gasteiger partial charge is 0.417 e. The van der Waals surface area contributed by atoms with E-state index >= 15 is 0 Å². The summed E-state index contributed by atoms with van der Waals surface area (Å²) >= 11 is 5.93. The van der Waals surface area contributed by atoms with Gasteiger partial charge in [-0.05, 0) is 31.0 Å². The molecule has 150 valence electrons. The summed E-state index contributed by atoms with van der Waals surface area (Å²) in [7, 11) is 0. The van der Waals surface area contributed by atoms with Crippen molar-refractivity contribution in [2.45, 2.75) is 25.6 Å². The number of aromatic nitrogens is 1. The van der Waals surface area contributed by atoms with Gasteiger partial charge in [0, 0.05) is 19.3 Å². The van der Waals surface area contributed by atoms with Gasteiger partial charge in [-0.2, -0.15) is 13.2 Å². The number of hydrogen-bond acceptors (Lipinski definition) is 3. The molecule has 28 heavy (non-hydrogen) atoms. The number of rotatable bonds is 4. The second kappa shape index (κ2) is 8.00. The van der Waals surface area contributed by atoms with Crippen LogP contribution in [-0.2, 0) is 12.7 Å². The van der Waals surface area contributed by atoms with E-state index in [4.69, 9.17) is 11.6 Å². The van der Waals surface area contributed by atoms with Crippen LogP contribution in [0.5, 0.6) is 0 Å². The highest BCUT2D eigenvalue weighted by Gasteiger charge is 2.33. The highest BCUT2D eigenvalue weighted by Crippen LogP contribution is 2.32. The highest BCUT2D eigenvalue weighted by atomic mass is 35.5. The Bertz CT molecular complexity index is 864. The SMILES string of the molecule is O=C(c1c(F)cccc1F)N(Cc1ncc(C(F)(F)F)cc1Cl)N1CCCC1. The third kappa shape index (κ3) is 4.25. The predicted molar refractivity (Wildman–Crippen MR) is 91.3 cm³/mol. The van der Waals surface area contributed by atoms with Gasteiger partial charge in [0.05, 0.1) is 22.8 Å². The zero-order valence-corrected chi connectivity index (χ0v) is 15.2. The molecule has 1 aromatic carbocycles. The monoisotopic (exact) mass is 419 g/mol. The lowest BCUT2D eigenvalue weighted by atomic mass is 10.1. The van der Waals surface area contributed by atoms with Gasteiger partial charge >= 0.3 is 6.18 Å². The molecule has 1 saturated heterocycles. The molecule has 1 amide bonds. The van der Waals surface area contributed by atoms with Crippen molar-refractivity contribution >= 4 is 17.5 Å². The average Bonchev–Trinajstić information content (AvgIpc) is 3.13. The Kier molecular flexibility index (Phi) is 5.85. The minimum Gasteiger partial charge on any atom is -0.267 e. The van der Waals surface area contributed by atoms with Crippen LogP contribution in [0.4, 0.5) is 22.0 Å². The number of alkyl halides is 3. The van der Waals surface area contributed by atoms with Gasteiger partial charge in [-0.15, -0.1) is 0 Å². The van der Waals surface area contributed by atoms with Gasteiger partial charge in [-0.3, -0.25) is 14.8 Å². The fourth-order valence-corrected chi connectivity index (χ4v) is 3.18. The fraction of sp³-hybridized carbons (Fsp3) is 0.333. The first-order valence-electron chi connectivity index (χ1n) is 8.41. The van der Waals surface area contributed by atoms with Gasteiger partial charge in [0.1, 0.15) is 17.2 Å². The van der Waals surface area contributed by atoms with Gasteiger partial charge in [-0.1, -0.05) is 17.7 Å². The minimum atomic E-state index is -4.62. The van der Waals surface area contributed by atoms with E-state index in [1.54, 1.807) is 5.01 Å². The smallest absolute Gasteiger partial charge is 0.267 e. The Hall–Kier alpha value is -2.26. The maximum atomic E-state index is 14.1. The maximum Gasteiger partial charge on any atom is 0.417 e. The molecular formula is C18H15ClF5N3O. The van der Waals surface area contributed by atoms with Crippen LogP contribution in [0.1, 0.15) is 34.5 Å². The molecule has 0 radical (unpaired) electrons. The molecule has 3 rings (SSSR count). The Morgan fingerprint density at radius 2 is 1.79 bits per heavy atom. The first-order valence-corrected chi connectivity index (χ1v) is 8.78. The van der Waals surface area contributed by atoms with Gasteiger partial charge in [0.2, 0.25) is 0 Å². The summed E-state index contributed by atoms with van der Waals surface area (Å²) in [6.07, 6.45) is -2.48. The van der Waals surface area contributed by atoms with E-state index in [-0.39, 0.29) is 17.3 Å². The van der Waals surface area contributed by atoms with Crippen LogP contribution in [0.2, 0.25) is 5.02 Å². The summed E-state index contributed by atoms with van der Waals surface area (Å²) in [6.45, 7) is 0.601. The lowest BCUT2D eigenvalue weighted by Crippen LogP contribution is -2.45. The zero-order chi connectivity index (χ0) is 20.5. The number of carbonyl (C=O) groups is 1. The molecule has 2 aromatic rings. The van der Waals surface area contributed by atoms with Crippen LogP contribution in [0, 0.1) is 11.6 Å². The van der Waals surface area contributed by atoms with Crippen LogP contribution < -0.4 is 0 Å². The number of amides is 1. The van der Waals surface area contributed by atoms with Gasteiger partial charge < -0.3 is 0 Å². The highest BCUT2D eigenvalue weighted by molar-refractivity contribution is 6.31. The summed E-state index contributed by atoms with van der Waals surface area (Å²) in [5, 5.41) is 2.38. The van der Waals surface area contributed by atoms with Crippen molar-refractivity contribution in [3.63, 3.8) is 0 Å². The van der Waals surface area contributed by atoms with Crippen LogP contribution in [0.3, 0.4) is 0 Å². The summed E-state index contributed by atoms with van der Waals surface area (Å²) in [6, 6.07) is 3.76. The maximum absolute atomic E-state index is 14.1. The van der Waals surface area contributed by atoms with Crippen molar-refractivity contribution in [1.82, 2.24) is 15.0 Å². The molecule has 0 spiro atoms. The first kappa shape index (κ1) is 20.5. The van der Waals surface area contributed by atoms with Gasteiger partial charge in [0.25, 0.3) is 5.91 Å². The molecule has 0 bridgehead atoms. The van der Waals surface area contributed by atoms with E-state index in [0.717, 1.165) is 36.0 Å². The summed E-state index contributed by atoms with van der Waals surface area (Å²) in [5.74, 6) is -3.00. The topological polar surface area (TPSA) is 36.4 Å². The lowest BCUT2D eigenvalue weighted by Gasteiger charge is -2.32. The minimum absolute atomic E-state index is 0.00772. The molecule has 0 aliphatic carbocycles. The molecule has 2 heterocycles. The predicted octanol–water partition coefficient (Wildman–Crippen LogP) is 4.69. The third-order valence-electron chi connectivity index (χ3n) is 4.38. The quantitative estimate of drug-likeness (QED) is 0.675. The summed E-state index contributed by atoms with van der Waals surface area (Å²) in [4.78, 5) is 16.6. The average molecular weight is 420 g/mol. The van der Waals surface area contributed by atoms with Crippen molar-refractivity contribution in [3.05, 3.63) is 63.9 Å². The van der Waals surface area contributed by atoms with Crippen LogP contribution in [0.25, 0.3) is 0 Å². The summed E-state index contributed by atoms with van der Waals surface area (Å²) in [5.41, 5.74) is -1.77. The number of carbonyl (C=O) groups excluding carboxylic acids is 1. The molecule has 0 N–H and O–H groups in total. The second-order valence-corrected chi connectivity index (χ2v) is 6.68. The van der Waals surface area contributed by atoms with E-state index in [2.05, 4.69) is 4.98 Å². The molecule has 4 nitrogen and oxygen atoms in total. The Morgan fingerprint density at radius 3 is 2.32 bits per heavy atom. The van der Waals surface area contributed by atoms with Gasteiger partial charge in [0.15, 0.2) is 0 Å². The van der Waals surface area contributed by atoms with Crippen molar-refractivity contribution < 1.29 is 26.7 Å². The van der Waals surface area contributed by atoms with Crippen LogP contribution in [-0.4, -0.2) is 34.0 Å². The fourth-order valence-electron chi connectivity index (χ4n) is 2.95. The Morgan fingerprint density at radius 1 is 1.18 bits per heavy atom. The van der Waals surface area contributed by atoms with E-state index < -0.39 is 34.8 Å². The first-order chi connectivity index (χ1) is 13.2. The molecule has 10 heteroatoms. The standard InChI is InChI=1S/C18H15ClF5N3O/c19-12-8-11(18(22,23)24)9-25-15(12)10-27(26-6-1-2-7-26)17(28)16-13(20)4-3-5-14(16)21/h3-5,8-9H,1-2,6-7,10H2. The molecule has 0 atom stereocenters. The van der Waals surface area contributed by atoms with Crippen molar-refractivity contribution in [1.29, 1.82) is 0 Å². The molecule has 1 fully saturated rings. The van der Waals surface area contributed by atoms with Crippen molar-refractivity contribution in [2.24, 2.45) is 0 Å².